The second kappa shape index (κ2) is 6.49. The van der Waals surface area contributed by atoms with E-state index in [4.69, 9.17) is 0 Å². The van der Waals surface area contributed by atoms with E-state index in [0.717, 1.165) is 10.4 Å². The zero-order chi connectivity index (χ0) is 15.3. The van der Waals surface area contributed by atoms with Crippen molar-refractivity contribution in [2.75, 3.05) is 0 Å². The molecule has 0 bridgehead atoms. The number of hydrogen-bond donors (Lipinski definition) is 1. The molecule has 3 rings (SSSR count). The van der Waals surface area contributed by atoms with Crippen molar-refractivity contribution in [2.24, 2.45) is 0 Å². The lowest BCUT2D eigenvalue weighted by molar-refractivity contribution is -0.274. The van der Waals surface area contributed by atoms with Gasteiger partial charge in [-0.2, -0.15) is 0 Å². The lowest BCUT2D eigenvalue weighted by Gasteiger charge is -2.07. The molecule has 1 heterocycles. The minimum atomic E-state index is -4.60. The fourth-order valence-corrected chi connectivity index (χ4v) is 1.66. The molecule has 4 nitrogen and oxygen atoms in total. The van der Waals surface area contributed by atoms with Crippen LogP contribution in [0.1, 0.15) is 0 Å². The molecule has 0 radical (unpaired) electrons. The van der Waals surface area contributed by atoms with Crippen LogP contribution >= 0.6 is 12.6 Å². The molecule has 2 aromatic carbocycles. The second-order valence-corrected chi connectivity index (χ2v) is 4.25. The maximum Gasteiger partial charge on any atom is 0.573 e. The molecule has 0 aliphatic heterocycles. The monoisotopic (exact) mass is 314 g/mol. The normalized spacial score (nSPS) is 10.9. The number of para-hydroxylation sites is 1. The number of nitrogens with zero attached hydrogens (tertiary/aromatic N) is 2. The topological polar surface area (TPSA) is 48.2 Å². The molecule has 21 heavy (non-hydrogen) atoms. The summed E-state index contributed by atoms with van der Waals surface area (Å²) < 4.78 is 42.7. The van der Waals surface area contributed by atoms with Crippen molar-refractivity contribution in [3.8, 4) is 5.75 Å². The van der Waals surface area contributed by atoms with Crippen molar-refractivity contribution >= 4 is 23.7 Å². The second-order valence-electron chi connectivity index (χ2n) is 3.77. The van der Waals surface area contributed by atoms with E-state index in [9.17, 15) is 13.2 Å². The number of rotatable bonds is 1. The summed E-state index contributed by atoms with van der Waals surface area (Å²) in [6, 6.07) is 12.6. The number of hydrogen-bond acceptors (Lipinski definition) is 5. The van der Waals surface area contributed by atoms with E-state index >= 15 is 0 Å². The number of aromatic nitrogens is 2. The van der Waals surface area contributed by atoms with Crippen molar-refractivity contribution < 1.29 is 22.5 Å². The SMILES string of the molecule is FC(F)(F)Oc1ccccc1.Sc1cccc2nonc12. The first-order valence-corrected chi connectivity index (χ1v) is 6.11. The van der Waals surface area contributed by atoms with Crippen LogP contribution in [0.25, 0.3) is 11.0 Å². The van der Waals surface area contributed by atoms with E-state index in [0.29, 0.717) is 5.52 Å². The van der Waals surface area contributed by atoms with Crippen LogP contribution in [0, 0.1) is 0 Å². The molecule has 0 fully saturated rings. The summed E-state index contributed by atoms with van der Waals surface area (Å²) in [5, 5.41) is 7.30. The zero-order valence-electron chi connectivity index (χ0n) is 10.4. The number of benzene rings is 2. The highest BCUT2D eigenvalue weighted by Gasteiger charge is 2.30. The third-order valence-electron chi connectivity index (χ3n) is 2.24. The molecule has 0 atom stereocenters. The highest BCUT2D eigenvalue weighted by atomic mass is 32.1. The van der Waals surface area contributed by atoms with Gasteiger partial charge in [-0.3, -0.25) is 0 Å². The van der Waals surface area contributed by atoms with E-state index in [1.54, 1.807) is 6.07 Å². The summed E-state index contributed by atoms with van der Waals surface area (Å²) in [5.41, 5.74) is 1.46. The summed E-state index contributed by atoms with van der Waals surface area (Å²) >= 11 is 4.15. The highest BCUT2D eigenvalue weighted by Crippen LogP contribution is 2.21. The average molecular weight is 314 g/mol. The van der Waals surface area contributed by atoms with E-state index < -0.39 is 6.36 Å². The molecule has 8 heteroatoms. The maximum absolute atomic E-state index is 11.5. The molecule has 0 aliphatic carbocycles. The molecule has 0 saturated heterocycles. The van der Waals surface area contributed by atoms with E-state index in [-0.39, 0.29) is 5.75 Å². The third kappa shape index (κ3) is 4.67. The van der Waals surface area contributed by atoms with Gasteiger partial charge in [0.15, 0.2) is 0 Å². The van der Waals surface area contributed by atoms with E-state index in [2.05, 4.69) is 32.3 Å². The zero-order valence-corrected chi connectivity index (χ0v) is 11.3. The van der Waals surface area contributed by atoms with Crippen LogP contribution in [-0.2, 0) is 0 Å². The summed E-state index contributed by atoms with van der Waals surface area (Å²) in [5.74, 6) is -0.194. The van der Waals surface area contributed by atoms with Crippen molar-refractivity contribution in [3.63, 3.8) is 0 Å². The molecule has 0 N–H and O–H groups in total. The molecular formula is C13H9F3N2O2S. The average Bonchev–Trinajstić information content (AvgIpc) is 2.88. The number of alkyl halides is 3. The van der Waals surface area contributed by atoms with Crippen molar-refractivity contribution in [1.82, 2.24) is 10.3 Å². The molecule has 0 saturated carbocycles. The largest absolute Gasteiger partial charge is 0.573 e. The van der Waals surface area contributed by atoms with Gasteiger partial charge < -0.3 is 4.74 Å². The standard InChI is InChI=1S/C7H5F3O.C6H4N2OS/c8-7(9,10)11-6-4-2-1-3-5-6;10-5-3-1-2-4-6(5)8-9-7-4/h1-5H;1-3,10H. The van der Waals surface area contributed by atoms with Crippen molar-refractivity contribution in [1.29, 1.82) is 0 Å². The van der Waals surface area contributed by atoms with E-state index in [1.807, 2.05) is 18.2 Å². The third-order valence-corrected chi connectivity index (χ3v) is 2.60. The van der Waals surface area contributed by atoms with Crippen LogP contribution in [0.3, 0.4) is 0 Å². The quantitative estimate of drug-likeness (QED) is 0.687. The first-order valence-electron chi connectivity index (χ1n) is 5.67. The smallest absolute Gasteiger partial charge is 0.406 e. The van der Waals surface area contributed by atoms with Gasteiger partial charge in [0.05, 0.1) is 0 Å². The lowest BCUT2D eigenvalue weighted by atomic mass is 10.3. The Bertz CT molecular complexity index is 701. The minimum absolute atomic E-state index is 0.194. The Kier molecular flexibility index (Phi) is 4.69. The van der Waals surface area contributed by atoms with Crippen LogP contribution in [0.5, 0.6) is 5.75 Å². The van der Waals surface area contributed by atoms with Gasteiger partial charge >= 0.3 is 6.36 Å². The number of ether oxygens (including phenoxy) is 1. The molecular weight excluding hydrogens is 305 g/mol. The van der Waals surface area contributed by atoms with Gasteiger partial charge in [0, 0.05) is 4.90 Å². The first-order chi connectivity index (χ1) is 9.96. The van der Waals surface area contributed by atoms with Crippen LogP contribution < -0.4 is 4.74 Å². The van der Waals surface area contributed by atoms with Crippen molar-refractivity contribution in [3.05, 3.63) is 48.5 Å². The van der Waals surface area contributed by atoms with Crippen LogP contribution in [-0.4, -0.2) is 16.7 Å². The van der Waals surface area contributed by atoms with Crippen molar-refractivity contribution in [2.45, 2.75) is 11.3 Å². The molecule has 3 aromatic rings. The first kappa shape index (κ1) is 15.2. The predicted octanol–water partition coefficient (Wildman–Crippen LogP) is 4.10. The number of fused-ring (bicyclic) bond motifs is 1. The Morgan fingerprint density at radius 2 is 1.67 bits per heavy atom. The summed E-state index contributed by atoms with van der Waals surface area (Å²) in [6.07, 6.45) is -4.60. The fraction of sp³-hybridized carbons (Fsp3) is 0.0769. The van der Waals surface area contributed by atoms with E-state index in [1.165, 1.54) is 24.3 Å². The fourth-order valence-electron chi connectivity index (χ4n) is 1.41. The predicted molar refractivity (Wildman–Crippen MR) is 72.2 cm³/mol. The number of halogens is 3. The number of thiol groups is 1. The Labute approximate surface area is 122 Å². The lowest BCUT2D eigenvalue weighted by Crippen LogP contribution is -2.16. The molecule has 0 amide bonds. The van der Waals surface area contributed by atoms with Gasteiger partial charge in [0.1, 0.15) is 16.8 Å². The highest BCUT2D eigenvalue weighted by molar-refractivity contribution is 7.80. The van der Waals surface area contributed by atoms with Gasteiger partial charge in [0.2, 0.25) is 0 Å². The van der Waals surface area contributed by atoms with Gasteiger partial charge in [-0.25, -0.2) is 4.63 Å². The maximum atomic E-state index is 11.5. The molecule has 1 aromatic heterocycles. The summed E-state index contributed by atoms with van der Waals surface area (Å²) in [6.45, 7) is 0. The Balaban J connectivity index is 0.000000154. The molecule has 0 unspecified atom stereocenters. The summed E-state index contributed by atoms with van der Waals surface area (Å²) in [4.78, 5) is 0.791. The molecule has 0 spiro atoms. The Morgan fingerprint density at radius 3 is 2.29 bits per heavy atom. The van der Waals surface area contributed by atoms with Crippen LogP contribution in [0.2, 0.25) is 0 Å². The Hall–Kier alpha value is -2.22. The van der Waals surface area contributed by atoms with Gasteiger partial charge in [-0.15, -0.1) is 25.8 Å². The Morgan fingerprint density at radius 1 is 0.952 bits per heavy atom. The van der Waals surface area contributed by atoms with Crippen LogP contribution in [0.15, 0.2) is 58.1 Å². The van der Waals surface area contributed by atoms with Gasteiger partial charge in [0.25, 0.3) is 0 Å². The van der Waals surface area contributed by atoms with Gasteiger partial charge in [-0.1, -0.05) is 24.3 Å². The molecule has 110 valence electrons. The van der Waals surface area contributed by atoms with Crippen LogP contribution in [0.4, 0.5) is 13.2 Å². The van der Waals surface area contributed by atoms with Gasteiger partial charge in [-0.05, 0) is 34.6 Å². The summed E-state index contributed by atoms with van der Waals surface area (Å²) in [7, 11) is 0. The minimum Gasteiger partial charge on any atom is -0.406 e. The molecule has 0 aliphatic rings.